The van der Waals surface area contributed by atoms with Crippen LogP contribution in [0.5, 0.6) is 0 Å². The van der Waals surface area contributed by atoms with Gasteiger partial charge in [-0.1, -0.05) is 36.4 Å². The fourth-order valence-electron chi connectivity index (χ4n) is 1.56. The highest BCUT2D eigenvalue weighted by Gasteiger charge is 2.06. The first-order chi connectivity index (χ1) is 7.68. The second-order valence-corrected chi connectivity index (χ2v) is 3.85. The van der Waals surface area contributed by atoms with Crippen LogP contribution in [-0.2, 0) is 0 Å². The molecule has 0 saturated carbocycles. The number of carbonyl (C=O) groups excluding carboxylic acids is 1. The van der Waals surface area contributed by atoms with Crippen molar-refractivity contribution in [2.75, 3.05) is 19.4 Å². The van der Waals surface area contributed by atoms with E-state index in [1.54, 1.807) is 14.1 Å². The lowest BCUT2D eigenvalue weighted by atomic mass is 10.1. The molecule has 3 heteroatoms. The van der Waals surface area contributed by atoms with Crippen molar-refractivity contribution in [3.8, 4) is 0 Å². The summed E-state index contributed by atoms with van der Waals surface area (Å²) in [5, 5.41) is 5.05. The number of urea groups is 1. The molecule has 0 spiro atoms. The van der Waals surface area contributed by atoms with Gasteiger partial charge in [0.1, 0.15) is 0 Å². The van der Waals surface area contributed by atoms with E-state index >= 15 is 0 Å². The van der Waals surface area contributed by atoms with E-state index in [1.165, 1.54) is 4.90 Å². The molecule has 82 valence electrons. The van der Waals surface area contributed by atoms with Gasteiger partial charge in [-0.05, 0) is 11.5 Å². The second-order valence-electron chi connectivity index (χ2n) is 3.85. The molecule has 2 aromatic carbocycles. The molecule has 0 aromatic heterocycles. The summed E-state index contributed by atoms with van der Waals surface area (Å²) in [4.78, 5) is 13.1. The number of hydrogen-bond acceptors (Lipinski definition) is 1. The Morgan fingerprint density at radius 1 is 1.06 bits per heavy atom. The highest BCUT2D eigenvalue weighted by molar-refractivity contribution is 6.01. The van der Waals surface area contributed by atoms with Crippen molar-refractivity contribution < 1.29 is 4.79 Å². The maximum atomic E-state index is 11.6. The summed E-state index contributed by atoms with van der Waals surface area (Å²) in [6.07, 6.45) is 0. The normalized spacial score (nSPS) is 10.1. The quantitative estimate of drug-likeness (QED) is 0.777. The molecule has 2 rings (SSSR count). The third-order valence-electron chi connectivity index (χ3n) is 2.44. The number of benzene rings is 2. The molecule has 0 heterocycles. The van der Waals surface area contributed by atoms with Crippen molar-refractivity contribution >= 4 is 22.5 Å². The van der Waals surface area contributed by atoms with E-state index < -0.39 is 0 Å². The first-order valence-corrected chi connectivity index (χ1v) is 5.14. The van der Waals surface area contributed by atoms with Gasteiger partial charge < -0.3 is 10.2 Å². The maximum Gasteiger partial charge on any atom is 0.321 e. The molecule has 0 saturated heterocycles. The molecule has 2 amide bonds. The van der Waals surface area contributed by atoms with Gasteiger partial charge in [0.15, 0.2) is 0 Å². The number of anilines is 1. The molecule has 3 nitrogen and oxygen atoms in total. The van der Waals surface area contributed by atoms with Gasteiger partial charge in [-0.25, -0.2) is 4.79 Å². The summed E-state index contributed by atoms with van der Waals surface area (Å²) in [5.41, 5.74) is 0.844. The first-order valence-electron chi connectivity index (χ1n) is 5.14. The van der Waals surface area contributed by atoms with Crippen molar-refractivity contribution in [3.05, 3.63) is 42.5 Å². The molecule has 2 aromatic rings. The third kappa shape index (κ3) is 1.98. The predicted octanol–water partition coefficient (Wildman–Crippen LogP) is 2.93. The maximum absolute atomic E-state index is 11.6. The van der Waals surface area contributed by atoms with Crippen LogP contribution >= 0.6 is 0 Å². The summed E-state index contributed by atoms with van der Waals surface area (Å²) in [5.74, 6) is 0. The van der Waals surface area contributed by atoms with Crippen LogP contribution in [0.3, 0.4) is 0 Å². The van der Waals surface area contributed by atoms with Crippen LogP contribution in [-0.4, -0.2) is 25.0 Å². The number of rotatable bonds is 1. The monoisotopic (exact) mass is 214 g/mol. The van der Waals surface area contributed by atoms with Gasteiger partial charge in [0.05, 0.1) is 5.69 Å². The number of hydrogen-bond donors (Lipinski definition) is 1. The summed E-state index contributed by atoms with van der Waals surface area (Å²) >= 11 is 0. The van der Waals surface area contributed by atoms with Crippen molar-refractivity contribution in [2.24, 2.45) is 0 Å². The predicted molar refractivity (Wildman–Crippen MR) is 66.7 cm³/mol. The standard InChI is InChI=1S/C13H14N2O/c1-15(2)13(16)14-12-9-5-7-10-6-3-4-8-11(10)12/h3-9H,1-2H3,(H,14,16). The molecule has 1 N–H and O–H groups in total. The lowest BCUT2D eigenvalue weighted by Crippen LogP contribution is -2.27. The van der Waals surface area contributed by atoms with Crippen LogP contribution in [0.4, 0.5) is 10.5 Å². The SMILES string of the molecule is CN(C)C(=O)Nc1cccc2ccccc12. The van der Waals surface area contributed by atoms with Crippen molar-refractivity contribution in [3.63, 3.8) is 0 Å². The summed E-state index contributed by atoms with van der Waals surface area (Å²) in [6.45, 7) is 0. The molecule has 16 heavy (non-hydrogen) atoms. The van der Waals surface area contributed by atoms with Crippen molar-refractivity contribution in [1.82, 2.24) is 4.90 Å². The molecule has 0 bridgehead atoms. The van der Waals surface area contributed by atoms with Gasteiger partial charge in [-0.2, -0.15) is 0 Å². The summed E-state index contributed by atoms with van der Waals surface area (Å²) in [6, 6.07) is 13.7. The largest absolute Gasteiger partial charge is 0.331 e. The molecule has 0 fully saturated rings. The average Bonchev–Trinajstić information content (AvgIpc) is 2.29. The minimum absolute atomic E-state index is 0.114. The van der Waals surface area contributed by atoms with Crippen LogP contribution in [0.1, 0.15) is 0 Å². The zero-order chi connectivity index (χ0) is 11.5. The highest BCUT2D eigenvalue weighted by Crippen LogP contribution is 2.22. The first kappa shape index (κ1) is 10.5. The van der Waals surface area contributed by atoms with Crippen molar-refractivity contribution in [2.45, 2.75) is 0 Å². The topological polar surface area (TPSA) is 32.3 Å². The van der Waals surface area contributed by atoms with Crippen LogP contribution in [0.2, 0.25) is 0 Å². The number of amides is 2. The number of nitrogens with one attached hydrogen (secondary N) is 1. The molecular formula is C13H14N2O. The summed E-state index contributed by atoms with van der Waals surface area (Å²) in [7, 11) is 3.45. The minimum Gasteiger partial charge on any atom is -0.331 e. The Hall–Kier alpha value is -2.03. The fraction of sp³-hybridized carbons (Fsp3) is 0.154. The zero-order valence-electron chi connectivity index (χ0n) is 9.40. The van der Waals surface area contributed by atoms with Gasteiger partial charge in [0, 0.05) is 19.5 Å². The van der Waals surface area contributed by atoms with E-state index in [0.717, 1.165) is 16.5 Å². The lowest BCUT2D eigenvalue weighted by Gasteiger charge is -2.13. The van der Waals surface area contributed by atoms with E-state index in [2.05, 4.69) is 5.32 Å². The van der Waals surface area contributed by atoms with Crippen LogP contribution in [0.15, 0.2) is 42.5 Å². The fourth-order valence-corrected chi connectivity index (χ4v) is 1.56. The minimum atomic E-state index is -0.114. The van der Waals surface area contributed by atoms with Gasteiger partial charge >= 0.3 is 6.03 Å². The lowest BCUT2D eigenvalue weighted by molar-refractivity contribution is 0.231. The molecule has 0 atom stereocenters. The molecule has 0 aliphatic rings. The van der Waals surface area contributed by atoms with Crippen LogP contribution in [0.25, 0.3) is 10.8 Å². The Morgan fingerprint density at radius 3 is 2.50 bits per heavy atom. The zero-order valence-corrected chi connectivity index (χ0v) is 9.40. The molecule has 0 radical (unpaired) electrons. The highest BCUT2D eigenvalue weighted by atomic mass is 16.2. The van der Waals surface area contributed by atoms with Crippen molar-refractivity contribution in [1.29, 1.82) is 0 Å². The van der Waals surface area contributed by atoms with Gasteiger partial charge in [0.25, 0.3) is 0 Å². The van der Waals surface area contributed by atoms with E-state index in [-0.39, 0.29) is 6.03 Å². The Morgan fingerprint density at radius 2 is 1.75 bits per heavy atom. The number of carbonyl (C=O) groups is 1. The van der Waals surface area contributed by atoms with E-state index in [0.29, 0.717) is 0 Å². The third-order valence-corrected chi connectivity index (χ3v) is 2.44. The molecule has 0 unspecified atom stereocenters. The van der Waals surface area contributed by atoms with Gasteiger partial charge in [-0.15, -0.1) is 0 Å². The smallest absolute Gasteiger partial charge is 0.321 e. The van der Waals surface area contributed by atoms with E-state index in [4.69, 9.17) is 0 Å². The van der Waals surface area contributed by atoms with Gasteiger partial charge in [-0.3, -0.25) is 0 Å². The van der Waals surface area contributed by atoms with Crippen LogP contribution in [0, 0.1) is 0 Å². The van der Waals surface area contributed by atoms with Crippen LogP contribution < -0.4 is 5.32 Å². The average molecular weight is 214 g/mol. The molecule has 0 aliphatic carbocycles. The van der Waals surface area contributed by atoms with Gasteiger partial charge in [0.2, 0.25) is 0 Å². The van der Waals surface area contributed by atoms with E-state index in [9.17, 15) is 4.79 Å². The molecular weight excluding hydrogens is 200 g/mol. The Bertz CT molecular complexity index is 515. The summed E-state index contributed by atoms with van der Waals surface area (Å²) < 4.78 is 0. The number of fused-ring (bicyclic) bond motifs is 1. The number of nitrogens with zero attached hydrogens (tertiary/aromatic N) is 1. The van der Waals surface area contributed by atoms with E-state index in [1.807, 2.05) is 42.5 Å². The Balaban J connectivity index is 2.41. The molecule has 0 aliphatic heterocycles. The Labute approximate surface area is 94.7 Å². The second kappa shape index (κ2) is 4.23. The Kier molecular flexibility index (Phi) is 2.77.